The molecule has 3 heteroatoms. The summed E-state index contributed by atoms with van der Waals surface area (Å²) < 4.78 is 10.4. The standard InChI is InChI=1S/C6H11NO2/c1-2-8-3-6(7-1)4-9-5-6/h7H,1-5H2. The van der Waals surface area contributed by atoms with Gasteiger partial charge in [-0.1, -0.05) is 0 Å². The van der Waals surface area contributed by atoms with Gasteiger partial charge in [-0.15, -0.1) is 0 Å². The van der Waals surface area contributed by atoms with Crippen LogP contribution in [0, 0.1) is 0 Å². The molecule has 2 heterocycles. The monoisotopic (exact) mass is 129 g/mol. The third-order valence-electron chi connectivity index (χ3n) is 1.88. The first-order valence-corrected chi connectivity index (χ1v) is 3.32. The van der Waals surface area contributed by atoms with Gasteiger partial charge in [0.25, 0.3) is 0 Å². The summed E-state index contributed by atoms with van der Waals surface area (Å²) in [7, 11) is 0. The van der Waals surface area contributed by atoms with Crippen LogP contribution in [0.15, 0.2) is 0 Å². The van der Waals surface area contributed by atoms with Crippen molar-refractivity contribution < 1.29 is 9.47 Å². The molecule has 0 aromatic rings. The van der Waals surface area contributed by atoms with E-state index in [0.717, 1.165) is 33.0 Å². The molecule has 2 rings (SSSR count). The third kappa shape index (κ3) is 0.852. The minimum atomic E-state index is 0.207. The van der Waals surface area contributed by atoms with Gasteiger partial charge in [-0.05, 0) is 0 Å². The van der Waals surface area contributed by atoms with E-state index in [1.165, 1.54) is 0 Å². The van der Waals surface area contributed by atoms with Crippen LogP contribution in [0.3, 0.4) is 0 Å². The van der Waals surface area contributed by atoms with Gasteiger partial charge in [0.2, 0.25) is 0 Å². The number of nitrogens with one attached hydrogen (secondary N) is 1. The predicted octanol–water partition coefficient (Wildman–Crippen LogP) is -0.625. The van der Waals surface area contributed by atoms with Gasteiger partial charge in [0.15, 0.2) is 0 Å². The SMILES string of the molecule is C1COCC2(COC2)N1. The molecule has 2 fully saturated rings. The topological polar surface area (TPSA) is 30.5 Å². The molecule has 0 unspecified atom stereocenters. The minimum absolute atomic E-state index is 0.207. The number of hydrogen-bond donors (Lipinski definition) is 1. The maximum Gasteiger partial charge on any atom is 0.0890 e. The maximum atomic E-state index is 5.28. The van der Waals surface area contributed by atoms with Crippen LogP contribution < -0.4 is 5.32 Å². The Hall–Kier alpha value is -0.120. The van der Waals surface area contributed by atoms with Crippen LogP contribution in [0.1, 0.15) is 0 Å². The van der Waals surface area contributed by atoms with Gasteiger partial charge in [0.05, 0.1) is 32.0 Å². The fraction of sp³-hybridized carbons (Fsp3) is 1.00. The molecule has 1 spiro atoms. The van der Waals surface area contributed by atoms with Gasteiger partial charge in [-0.25, -0.2) is 0 Å². The second-order valence-electron chi connectivity index (χ2n) is 2.75. The van der Waals surface area contributed by atoms with Crippen LogP contribution in [-0.2, 0) is 9.47 Å². The van der Waals surface area contributed by atoms with E-state index in [2.05, 4.69) is 5.32 Å². The Morgan fingerprint density at radius 3 is 2.22 bits per heavy atom. The smallest absolute Gasteiger partial charge is 0.0890 e. The summed E-state index contributed by atoms with van der Waals surface area (Å²) >= 11 is 0. The molecule has 2 saturated heterocycles. The lowest BCUT2D eigenvalue weighted by Gasteiger charge is -2.44. The zero-order valence-electron chi connectivity index (χ0n) is 5.35. The lowest BCUT2D eigenvalue weighted by Crippen LogP contribution is -2.66. The Morgan fingerprint density at radius 1 is 1.11 bits per heavy atom. The Kier molecular flexibility index (Phi) is 1.22. The largest absolute Gasteiger partial charge is 0.378 e. The summed E-state index contributed by atoms with van der Waals surface area (Å²) in [6, 6.07) is 0. The summed E-state index contributed by atoms with van der Waals surface area (Å²) in [6.45, 7) is 4.30. The molecule has 2 aliphatic heterocycles. The molecular weight excluding hydrogens is 118 g/mol. The van der Waals surface area contributed by atoms with Gasteiger partial charge in [0, 0.05) is 6.54 Å². The molecule has 9 heavy (non-hydrogen) atoms. The van der Waals surface area contributed by atoms with Gasteiger partial charge < -0.3 is 14.8 Å². The van der Waals surface area contributed by atoms with E-state index in [-0.39, 0.29) is 5.54 Å². The fourth-order valence-corrected chi connectivity index (χ4v) is 1.24. The Bertz CT molecular complexity index is 104. The average Bonchev–Trinajstić information content (AvgIpc) is 1.87. The van der Waals surface area contributed by atoms with Crippen LogP contribution >= 0.6 is 0 Å². The highest BCUT2D eigenvalue weighted by Gasteiger charge is 2.39. The highest BCUT2D eigenvalue weighted by atomic mass is 16.5. The van der Waals surface area contributed by atoms with Crippen molar-refractivity contribution in [2.75, 3.05) is 33.0 Å². The third-order valence-corrected chi connectivity index (χ3v) is 1.88. The molecule has 0 saturated carbocycles. The molecule has 2 aliphatic rings. The highest BCUT2D eigenvalue weighted by Crippen LogP contribution is 2.18. The zero-order valence-corrected chi connectivity index (χ0v) is 5.35. The maximum absolute atomic E-state index is 5.28. The lowest BCUT2D eigenvalue weighted by molar-refractivity contribution is -0.130. The molecular formula is C6H11NO2. The second kappa shape index (κ2) is 1.94. The van der Waals surface area contributed by atoms with Crippen LogP contribution in [-0.4, -0.2) is 38.5 Å². The minimum Gasteiger partial charge on any atom is -0.378 e. The molecule has 0 radical (unpaired) electrons. The van der Waals surface area contributed by atoms with Crippen molar-refractivity contribution in [3.63, 3.8) is 0 Å². The van der Waals surface area contributed by atoms with Gasteiger partial charge in [0.1, 0.15) is 0 Å². The quantitative estimate of drug-likeness (QED) is 0.472. The zero-order chi connectivity index (χ0) is 6.16. The van der Waals surface area contributed by atoms with E-state index < -0.39 is 0 Å². The Labute approximate surface area is 54.3 Å². The van der Waals surface area contributed by atoms with Crippen molar-refractivity contribution in [1.29, 1.82) is 0 Å². The van der Waals surface area contributed by atoms with E-state index >= 15 is 0 Å². The van der Waals surface area contributed by atoms with Crippen molar-refractivity contribution in [3.05, 3.63) is 0 Å². The molecule has 0 aliphatic carbocycles. The van der Waals surface area contributed by atoms with E-state index in [1.807, 2.05) is 0 Å². The van der Waals surface area contributed by atoms with Crippen molar-refractivity contribution in [2.45, 2.75) is 5.54 Å². The van der Waals surface area contributed by atoms with Crippen molar-refractivity contribution in [2.24, 2.45) is 0 Å². The second-order valence-corrected chi connectivity index (χ2v) is 2.75. The van der Waals surface area contributed by atoms with Crippen LogP contribution in [0.4, 0.5) is 0 Å². The molecule has 3 nitrogen and oxygen atoms in total. The number of morpholine rings is 1. The summed E-state index contributed by atoms with van der Waals surface area (Å²) in [5.74, 6) is 0. The Balaban J connectivity index is 1.93. The first kappa shape index (κ1) is 5.65. The molecule has 0 aromatic carbocycles. The highest BCUT2D eigenvalue weighted by molar-refractivity contribution is 4.95. The fourth-order valence-electron chi connectivity index (χ4n) is 1.24. The van der Waals surface area contributed by atoms with Crippen LogP contribution in [0.25, 0.3) is 0 Å². The number of ether oxygens (including phenoxy) is 2. The Morgan fingerprint density at radius 2 is 1.89 bits per heavy atom. The number of rotatable bonds is 0. The van der Waals surface area contributed by atoms with E-state index in [4.69, 9.17) is 9.47 Å². The summed E-state index contributed by atoms with van der Waals surface area (Å²) in [5.41, 5.74) is 0.207. The van der Waals surface area contributed by atoms with Crippen LogP contribution in [0.2, 0.25) is 0 Å². The first-order valence-electron chi connectivity index (χ1n) is 3.32. The van der Waals surface area contributed by atoms with E-state index in [0.29, 0.717) is 0 Å². The van der Waals surface area contributed by atoms with E-state index in [9.17, 15) is 0 Å². The van der Waals surface area contributed by atoms with Gasteiger partial charge in [-0.2, -0.15) is 0 Å². The molecule has 0 bridgehead atoms. The summed E-state index contributed by atoms with van der Waals surface area (Å²) in [4.78, 5) is 0. The first-order chi connectivity index (χ1) is 4.41. The van der Waals surface area contributed by atoms with Crippen molar-refractivity contribution >= 4 is 0 Å². The lowest BCUT2D eigenvalue weighted by atomic mass is 9.98. The molecule has 52 valence electrons. The van der Waals surface area contributed by atoms with E-state index in [1.54, 1.807) is 0 Å². The molecule has 1 N–H and O–H groups in total. The van der Waals surface area contributed by atoms with Crippen LogP contribution in [0.5, 0.6) is 0 Å². The summed E-state index contributed by atoms with van der Waals surface area (Å²) in [5, 5.41) is 3.38. The molecule has 0 amide bonds. The van der Waals surface area contributed by atoms with Crippen molar-refractivity contribution in [3.8, 4) is 0 Å². The average molecular weight is 129 g/mol. The number of hydrogen-bond acceptors (Lipinski definition) is 3. The molecule has 0 atom stereocenters. The van der Waals surface area contributed by atoms with Gasteiger partial charge >= 0.3 is 0 Å². The predicted molar refractivity (Wildman–Crippen MR) is 32.4 cm³/mol. The normalized spacial score (nSPS) is 32.0. The molecule has 0 aromatic heterocycles. The van der Waals surface area contributed by atoms with Gasteiger partial charge in [-0.3, -0.25) is 0 Å². The summed E-state index contributed by atoms with van der Waals surface area (Å²) in [6.07, 6.45) is 0. The van der Waals surface area contributed by atoms with Crippen molar-refractivity contribution in [1.82, 2.24) is 5.32 Å².